The summed E-state index contributed by atoms with van der Waals surface area (Å²) >= 11 is 0. The molecule has 0 aromatic heterocycles. The van der Waals surface area contributed by atoms with Gasteiger partial charge in [0.1, 0.15) is 6.17 Å². The van der Waals surface area contributed by atoms with Crippen LogP contribution in [-0.2, 0) is 0 Å². The highest BCUT2D eigenvalue weighted by molar-refractivity contribution is 5.99. The summed E-state index contributed by atoms with van der Waals surface area (Å²) in [6.07, 6.45) is 0.928. The molecule has 22 heavy (non-hydrogen) atoms. The quantitative estimate of drug-likeness (QED) is 0.891. The third kappa shape index (κ3) is 2.84. The van der Waals surface area contributed by atoms with Crippen molar-refractivity contribution in [3.05, 3.63) is 65.7 Å². The van der Waals surface area contributed by atoms with Gasteiger partial charge in [-0.2, -0.15) is 0 Å². The van der Waals surface area contributed by atoms with Gasteiger partial charge in [0.05, 0.1) is 0 Å². The van der Waals surface area contributed by atoms with Gasteiger partial charge in [-0.15, -0.1) is 0 Å². The topological polar surface area (TPSA) is 32.3 Å². The maximum Gasteiger partial charge on any atom is 0.256 e. The van der Waals surface area contributed by atoms with Crippen molar-refractivity contribution in [1.82, 2.24) is 4.90 Å². The van der Waals surface area contributed by atoms with E-state index in [-0.39, 0.29) is 12.1 Å². The minimum atomic E-state index is -0.0788. The number of hydrogen-bond donors (Lipinski definition) is 1. The van der Waals surface area contributed by atoms with Gasteiger partial charge in [0.15, 0.2) is 0 Å². The van der Waals surface area contributed by atoms with E-state index in [0.717, 1.165) is 29.8 Å². The molecular weight excluding hydrogens is 272 g/mol. The van der Waals surface area contributed by atoms with Gasteiger partial charge in [0.2, 0.25) is 0 Å². The lowest BCUT2D eigenvalue weighted by atomic mass is 10.1. The Balaban J connectivity index is 1.89. The fourth-order valence-electron chi connectivity index (χ4n) is 2.85. The van der Waals surface area contributed by atoms with Crippen LogP contribution in [0.1, 0.15) is 42.4 Å². The maximum absolute atomic E-state index is 12.7. The van der Waals surface area contributed by atoms with Gasteiger partial charge in [-0.1, -0.05) is 50.2 Å². The first-order valence-corrected chi connectivity index (χ1v) is 7.88. The number of fused-ring (bicyclic) bond motifs is 1. The second-order valence-corrected chi connectivity index (χ2v) is 6.18. The van der Waals surface area contributed by atoms with Crippen LogP contribution < -0.4 is 5.32 Å². The monoisotopic (exact) mass is 294 g/mol. The number of hydrogen-bond acceptors (Lipinski definition) is 2. The van der Waals surface area contributed by atoms with E-state index in [1.54, 1.807) is 0 Å². The minimum absolute atomic E-state index is 0.0788. The van der Waals surface area contributed by atoms with Crippen molar-refractivity contribution in [2.45, 2.75) is 26.4 Å². The summed E-state index contributed by atoms with van der Waals surface area (Å²) in [6.45, 7) is 5.15. The summed E-state index contributed by atoms with van der Waals surface area (Å²) in [5.41, 5.74) is 2.92. The molecule has 0 saturated heterocycles. The van der Waals surface area contributed by atoms with Crippen LogP contribution in [-0.4, -0.2) is 17.4 Å². The Hall–Kier alpha value is -2.29. The maximum atomic E-state index is 12.7. The Kier molecular flexibility index (Phi) is 4.14. The second-order valence-electron chi connectivity index (χ2n) is 6.18. The van der Waals surface area contributed by atoms with Gasteiger partial charge in [0.25, 0.3) is 5.91 Å². The molecule has 0 fully saturated rings. The van der Waals surface area contributed by atoms with Crippen LogP contribution in [0.2, 0.25) is 0 Å². The molecule has 1 atom stereocenters. The molecule has 1 heterocycles. The van der Waals surface area contributed by atoms with Gasteiger partial charge in [-0.3, -0.25) is 4.79 Å². The molecule has 1 aliphatic rings. The molecule has 114 valence electrons. The Morgan fingerprint density at radius 2 is 1.73 bits per heavy atom. The number of rotatable bonds is 5. The minimum Gasteiger partial charge on any atom is -0.361 e. The molecular formula is C19H22N2O. The molecule has 1 N–H and O–H groups in total. The third-order valence-corrected chi connectivity index (χ3v) is 4.08. The number of amides is 1. The first-order chi connectivity index (χ1) is 10.7. The van der Waals surface area contributed by atoms with Crippen molar-refractivity contribution >= 4 is 11.6 Å². The van der Waals surface area contributed by atoms with E-state index in [1.807, 2.05) is 59.5 Å². The number of carbonyl (C=O) groups excluding carboxylic acids is 1. The average Bonchev–Trinajstić information content (AvgIpc) is 2.79. The predicted molar refractivity (Wildman–Crippen MR) is 89.7 cm³/mol. The van der Waals surface area contributed by atoms with E-state index < -0.39 is 0 Å². The Morgan fingerprint density at radius 1 is 1.05 bits per heavy atom. The second kappa shape index (κ2) is 6.22. The summed E-state index contributed by atoms with van der Waals surface area (Å²) in [4.78, 5) is 14.7. The van der Waals surface area contributed by atoms with Crippen LogP contribution in [0.4, 0.5) is 5.69 Å². The van der Waals surface area contributed by atoms with E-state index in [0.29, 0.717) is 5.92 Å². The molecule has 3 rings (SSSR count). The Morgan fingerprint density at radius 3 is 2.45 bits per heavy atom. The fraction of sp³-hybridized carbons (Fsp3) is 0.316. The van der Waals surface area contributed by atoms with Gasteiger partial charge < -0.3 is 10.2 Å². The fourth-order valence-corrected chi connectivity index (χ4v) is 2.85. The molecule has 2 aromatic carbocycles. The SMILES string of the molecule is CC(C)CCN1C(=O)c2ccccc2[C@H]1Nc1ccccc1. The third-order valence-electron chi connectivity index (χ3n) is 4.08. The largest absolute Gasteiger partial charge is 0.361 e. The number of para-hydroxylation sites is 1. The first-order valence-electron chi connectivity index (χ1n) is 7.88. The Labute approximate surface area is 132 Å². The molecule has 0 unspecified atom stereocenters. The van der Waals surface area contributed by atoms with Crippen molar-refractivity contribution < 1.29 is 4.79 Å². The molecule has 0 radical (unpaired) electrons. The number of benzene rings is 2. The van der Waals surface area contributed by atoms with Gasteiger partial charge in [-0.05, 0) is 30.5 Å². The van der Waals surface area contributed by atoms with Crippen LogP contribution in [0, 0.1) is 5.92 Å². The highest BCUT2D eigenvalue weighted by Gasteiger charge is 2.36. The van der Waals surface area contributed by atoms with Crippen LogP contribution in [0.25, 0.3) is 0 Å². The molecule has 3 heteroatoms. The number of anilines is 1. The number of nitrogens with zero attached hydrogens (tertiary/aromatic N) is 1. The molecule has 0 bridgehead atoms. The van der Waals surface area contributed by atoms with Crippen molar-refractivity contribution in [2.75, 3.05) is 11.9 Å². The summed E-state index contributed by atoms with van der Waals surface area (Å²) in [7, 11) is 0. The van der Waals surface area contributed by atoms with E-state index in [4.69, 9.17) is 0 Å². The van der Waals surface area contributed by atoms with Crippen LogP contribution in [0.15, 0.2) is 54.6 Å². The van der Waals surface area contributed by atoms with E-state index in [9.17, 15) is 4.79 Å². The molecule has 0 aliphatic carbocycles. The average molecular weight is 294 g/mol. The highest BCUT2D eigenvalue weighted by Crippen LogP contribution is 2.34. The van der Waals surface area contributed by atoms with Gasteiger partial charge >= 0.3 is 0 Å². The lowest BCUT2D eigenvalue weighted by molar-refractivity contribution is 0.0735. The molecule has 1 amide bonds. The Bertz CT molecular complexity index is 651. The standard InChI is InChI=1S/C19H22N2O/c1-14(2)12-13-21-18(20-15-8-4-3-5-9-15)16-10-6-7-11-17(16)19(21)22/h3-11,14,18,20H,12-13H2,1-2H3/t18-/m0/s1. The molecule has 0 spiro atoms. The zero-order valence-corrected chi connectivity index (χ0v) is 13.1. The number of carbonyl (C=O) groups is 1. The zero-order valence-electron chi connectivity index (χ0n) is 13.1. The van der Waals surface area contributed by atoms with Crippen LogP contribution in [0.3, 0.4) is 0 Å². The summed E-state index contributed by atoms with van der Waals surface area (Å²) in [6, 6.07) is 18.0. The lowest BCUT2D eigenvalue weighted by Gasteiger charge is -2.27. The van der Waals surface area contributed by atoms with Crippen molar-refractivity contribution in [3.8, 4) is 0 Å². The van der Waals surface area contributed by atoms with E-state index in [2.05, 4.69) is 19.2 Å². The van der Waals surface area contributed by atoms with Crippen LogP contribution >= 0.6 is 0 Å². The van der Waals surface area contributed by atoms with E-state index in [1.165, 1.54) is 0 Å². The highest BCUT2D eigenvalue weighted by atomic mass is 16.2. The first kappa shape index (κ1) is 14.6. The van der Waals surface area contributed by atoms with Crippen molar-refractivity contribution in [3.63, 3.8) is 0 Å². The van der Waals surface area contributed by atoms with Gasteiger partial charge in [-0.25, -0.2) is 0 Å². The summed E-state index contributed by atoms with van der Waals surface area (Å²) < 4.78 is 0. The summed E-state index contributed by atoms with van der Waals surface area (Å²) in [5.74, 6) is 0.707. The lowest BCUT2D eigenvalue weighted by Crippen LogP contribution is -2.33. The normalized spacial score (nSPS) is 17.0. The molecule has 3 nitrogen and oxygen atoms in total. The van der Waals surface area contributed by atoms with Crippen molar-refractivity contribution in [1.29, 1.82) is 0 Å². The molecule has 1 aliphatic heterocycles. The molecule has 0 saturated carbocycles. The smallest absolute Gasteiger partial charge is 0.256 e. The molecule has 2 aromatic rings. The van der Waals surface area contributed by atoms with Gasteiger partial charge in [0, 0.05) is 23.4 Å². The zero-order chi connectivity index (χ0) is 15.5. The van der Waals surface area contributed by atoms with Crippen molar-refractivity contribution in [2.24, 2.45) is 5.92 Å². The summed E-state index contributed by atoms with van der Waals surface area (Å²) in [5, 5.41) is 3.51. The number of nitrogens with one attached hydrogen (secondary N) is 1. The van der Waals surface area contributed by atoms with Crippen LogP contribution in [0.5, 0.6) is 0 Å². The predicted octanol–water partition coefficient (Wildman–Crippen LogP) is 4.30. The van der Waals surface area contributed by atoms with E-state index >= 15 is 0 Å².